The van der Waals surface area contributed by atoms with Crippen molar-refractivity contribution in [2.24, 2.45) is 5.73 Å². The van der Waals surface area contributed by atoms with Crippen molar-refractivity contribution >= 4 is 11.6 Å². The van der Waals surface area contributed by atoms with Crippen LogP contribution in [0, 0.1) is 5.82 Å². The van der Waals surface area contributed by atoms with Gasteiger partial charge in [-0.2, -0.15) is 0 Å². The fourth-order valence-electron chi connectivity index (χ4n) is 1.28. The Hall–Kier alpha value is -0.800. The fourth-order valence-corrected chi connectivity index (χ4v) is 1.45. The van der Waals surface area contributed by atoms with Crippen LogP contribution in [0.4, 0.5) is 4.39 Å². The summed E-state index contributed by atoms with van der Waals surface area (Å²) in [7, 11) is 1.51. The number of nitrogens with two attached hydrogens (primary N) is 1. The zero-order valence-corrected chi connectivity index (χ0v) is 8.77. The van der Waals surface area contributed by atoms with Gasteiger partial charge >= 0.3 is 0 Å². The van der Waals surface area contributed by atoms with Gasteiger partial charge in [-0.25, -0.2) is 4.39 Å². The summed E-state index contributed by atoms with van der Waals surface area (Å²) >= 11 is 5.66. The summed E-state index contributed by atoms with van der Waals surface area (Å²) in [6.07, 6.45) is 1.26. The van der Waals surface area contributed by atoms with Crippen molar-refractivity contribution in [3.05, 3.63) is 28.5 Å². The second kappa shape index (κ2) is 5.17. The highest BCUT2D eigenvalue weighted by atomic mass is 35.5. The van der Waals surface area contributed by atoms with Crippen LogP contribution in [0.15, 0.2) is 12.1 Å². The zero-order chi connectivity index (χ0) is 10.6. The molecule has 0 atom stereocenters. The first-order valence-corrected chi connectivity index (χ1v) is 4.79. The number of hydrogen-bond acceptors (Lipinski definition) is 2. The maximum atomic E-state index is 13.5. The van der Waals surface area contributed by atoms with Crippen LogP contribution >= 0.6 is 11.6 Å². The van der Waals surface area contributed by atoms with Gasteiger partial charge in [0.25, 0.3) is 0 Å². The first kappa shape index (κ1) is 11.3. The van der Waals surface area contributed by atoms with Crippen LogP contribution < -0.4 is 10.5 Å². The van der Waals surface area contributed by atoms with Crippen LogP contribution in [-0.2, 0) is 6.42 Å². The van der Waals surface area contributed by atoms with Gasteiger partial charge < -0.3 is 10.5 Å². The summed E-state index contributed by atoms with van der Waals surface area (Å²) < 4.78 is 18.6. The van der Waals surface area contributed by atoms with Gasteiger partial charge in [-0.3, -0.25) is 0 Å². The minimum absolute atomic E-state index is 0.123. The average Bonchev–Trinajstić information content (AvgIpc) is 2.20. The normalized spacial score (nSPS) is 10.3. The highest BCUT2D eigenvalue weighted by Gasteiger charge is 2.11. The molecule has 0 aliphatic heterocycles. The third-order valence-corrected chi connectivity index (χ3v) is 2.30. The molecule has 2 N–H and O–H groups in total. The summed E-state index contributed by atoms with van der Waals surface area (Å²) in [4.78, 5) is 0. The Kier molecular flexibility index (Phi) is 4.17. The maximum Gasteiger partial charge on any atom is 0.148 e. The number of ether oxygens (including phenoxy) is 1. The smallest absolute Gasteiger partial charge is 0.148 e. The van der Waals surface area contributed by atoms with Crippen LogP contribution in [0.3, 0.4) is 0 Å². The molecule has 1 aromatic carbocycles. The Labute approximate surface area is 87.8 Å². The first-order valence-electron chi connectivity index (χ1n) is 4.41. The molecule has 0 heterocycles. The lowest BCUT2D eigenvalue weighted by Gasteiger charge is -2.09. The van der Waals surface area contributed by atoms with E-state index < -0.39 is 5.82 Å². The van der Waals surface area contributed by atoms with Crippen LogP contribution in [0.2, 0.25) is 5.02 Å². The molecule has 0 aliphatic carbocycles. The molecule has 0 bridgehead atoms. The quantitative estimate of drug-likeness (QED) is 0.841. The molecule has 0 aliphatic rings. The molecule has 0 fully saturated rings. The molecule has 14 heavy (non-hydrogen) atoms. The Morgan fingerprint density at radius 1 is 1.50 bits per heavy atom. The van der Waals surface area contributed by atoms with E-state index in [1.807, 2.05) is 0 Å². The van der Waals surface area contributed by atoms with Crippen molar-refractivity contribution in [1.82, 2.24) is 0 Å². The molecule has 0 aromatic heterocycles. The largest absolute Gasteiger partial charge is 0.496 e. The van der Waals surface area contributed by atoms with Gasteiger partial charge in [-0.15, -0.1) is 0 Å². The van der Waals surface area contributed by atoms with Gasteiger partial charge in [0.15, 0.2) is 0 Å². The molecule has 1 rings (SSSR count). The number of benzene rings is 1. The molecule has 0 unspecified atom stereocenters. The lowest BCUT2D eigenvalue weighted by molar-refractivity contribution is 0.404. The Bertz CT molecular complexity index is 317. The highest BCUT2D eigenvalue weighted by Crippen LogP contribution is 2.28. The number of halogens is 2. The Morgan fingerprint density at radius 3 is 2.79 bits per heavy atom. The molecule has 2 nitrogen and oxygen atoms in total. The van der Waals surface area contributed by atoms with E-state index in [-0.39, 0.29) is 5.02 Å². The number of methoxy groups -OCH3 is 1. The summed E-state index contributed by atoms with van der Waals surface area (Å²) in [6, 6.07) is 3.15. The zero-order valence-electron chi connectivity index (χ0n) is 8.02. The summed E-state index contributed by atoms with van der Waals surface area (Å²) in [5.74, 6) is 0.125. The van der Waals surface area contributed by atoms with Gasteiger partial charge in [-0.05, 0) is 31.5 Å². The van der Waals surface area contributed by atoms with E-state index in [4.69, 9.17) is 22.1 Å². The second-order valence-corrected chi connectivity index (χ2v) is 3.34. The molecule has 0 radical (unpaired) electrons. The summed E-state index contributed by atoms with van der Waals surface area (Å²) in [6.45, 7) is 0.523. The van der Waals surface area contributed by atoms with Crippen molar-refractivity contribution in [2.45, 2.75) is 12.8 Å². The number of hydrogen-bond donors (Lipinski definition) is 1. The molecule has 4 heteroatoms. The first-order chi connectivity index (χ1) is 6.70. The molecule has 0 saturated heterocycles. The predicted octanol–water partition coefficient (Wildman–Crippen LogP) is 2.38. The molecule has 1 aromatic rings. The van der Waals surface area contributed by atoms with Crippen molar-refractivity contribution in [3.8, 4) is 5.75 Å². The highest BCUT2D eigenvalue weighted by molar-refractivity contribution is 6.30. The average molecular weight is 218 g/mol. The standard InChI is InChI=1S/C10H13ClFNO/c1-14-9-5-4-8(11)10(12)7(9)3-2-6-13/h4-5H,2-3,6,13H2,1H3. The number of rotatable bonds is 4. The van der Waals surface area contributed by atoms with Gasteiger partial charge in [0.1, 0.15) is 11.6 Å². The van der Waals surface area contributed by atoms with E-state index in [1.165, 1.54) is 13.2 Å². The summed E-state index contributed by atoms with van der Waals surface area (Å²) in [5.41, 5.74) is 5.86. The van der Waals surface area contributed by atoms with E-state index in [0.29, 0.717) is 30.7 Å². The van der Waals surface area contributed by atoms with Crippen LogP contribution in [-0.4, -0.2) is 13.7 Å². The van der Waals surface area contributed by atoms with Crippen LogP contribution in [0.25, 0.3) is 0 Å². The van der Waals surface area contributed by atoms with Gasteiger partial charge in [0.05, 0.1) is 12.1 Å². The molecule has 0 saturated carbocycles. The molecule has 0 spiro atoms. The van der Waals surface area contributed by atoms with Gasteiger partial charge in [-0.1, -0.05) is 11.6 Å². The van der Waals surface area contributed by atoms with Crippen molar-refractivity contribution in [2.75, 3.05) is 13.7 Å². The second-order valence-electron chi connectivity index (χ2n) is 2.93. The Morgan fingerprint density at radius 2 is 2.21 bits per heavy atom. The molecular formula is C10H13ClFNO. The van der Waals surface area contributed by atoms with E-state index in [1.54, 1.807) is 6.07 Å². The topological polar surface area (TPSA) is 35.2 Å². The van der Waals surface area contributed by atoms with Crippen molar-refractivity contribution in [3.63, 3.8) is 0 Å². The summed E-state index contributed by atoms with van der Waals surface area (Å²) in [5, 5.41) is 0.123. The SMILES string of the molecule is COc1ccc(Cl)c(F)c1CCCN. The van der Waals surface area contributed by atoms with Gasteiger partial charge in [0.2, 0.25) is 0 Å². The van der Waals surface area contributed by atoms with Crippen LogP contribution in [0.5, 0.6) is 5.75 Å². The monoisotopic (exact) mass is 217 g/mol. The van der Waals surface area contributed by atoms with E-state index in [0.717, 1.165) is 0 Å². The minimum Gasteiger partial charge on any atom is -0.496 e. The van der Waals surface area contributed by atoms with Crippen molar-refractivity contribution in [1.29, 1.82) is 0 Å². The van der Waals surface area contributed by atoms with Gasteiger partial charge in [0, 0.05) is 5.56 Å². The third kappa shape index (κ3) is 2.36. The van der Waals surface area contributed by atoms with E-state index in [2.05, 4.69) is 0 Å². The third-order valence-electron chi connectivity index (χ3n) is 2.00. The molecule has 0 amide bonds. The Balaban J connectivity index is 3.01. The van der Waals surface area contributed by atoms with Crippen LogP contribution in [0.1, 0.15) is 12.0 Å². The lowest BCUT2D eigenvalue weighted by Crippen LogP contribution is -2.03. The molecular weight excluding hydrogens is 205 g/mol. The minimum atomic E-state index is -0.403. The molecule has 78 valence electrons. The van der Waals surface area contributed by atoms with E-state index >= 15 is 0 Å². The predicted molar refractivity (Wildman–Crippen MR) is 55.3 cm³/mol. The lowest BCUT2D eigenvalue weighted by atomic mass is 10.1. The van der Waals surface area contributed by atoms with E-state index in [9.17, 15) is 4.39 Å². The maximum absolute atomic E-state index is 13.5. The van der Waals surface area contributed by atoms with Crippen molar-refractivity contribution < 1.29 is 9.13 Å². The fraction of sp³-hybridized carbons (Fsp3) is 0.400.